The highest BCUT2D eigenvalue weighted by Gasteiger charge is 2.30. The number of hydrogen-bond acceptors (Lipinski definition) is 3. The summed E-state index contributed by atoms with van der Waals surface area (Å²) in [4.78, 5) is 18.8. The number of amides is 1. The van der Waals surface area contributed by atoms with E-state index in [4.69, 9.17) is 0 Å². The summed E-state index contributed by atoms with van der Waals surface area (Å²) in [5.74, 6) is 0.141. The van der Waals surface area contributed by atoms with Crippen molar-refractivity contribution < 1.29 is 4.79 Å². The number of anilines is 1. The number of rotatable bonds is 2. The van der Waals surface area contributed by atoms with Gasteiger partial charge in [0.2, 0.25) is 5.91 Å². The SMILES string of the molecule is Cc1nc(CC(=O)N2c3ccccc3C[C@H]2C)cs1. The number of aryl methyl sites for hydroxylation is 1. The van der Waals surface area contributed by atoms with Crippen molar-refractivity contribution >= 4 is 22.9 Å². The molecule has 0 saturated carbocycles. The molecule has 0 radical (unpaired) electrons. The molecule has 0 N–H and O–H groups in total. The molecule has 1 aliphatic heterocycles. The lowest BCUT2D eigenvalue weighted by atomic mass is 10.1. The van der Waals surface area contributed by atoms with Gasteiger partial charge in [-0.2, -0.15) is 0 Å². The van der Waals surface area contributed by atoms with Crippen molar-refractivity contribution in [1.82, 2.24) is 4.98 Å². The molecular weight excluding hydrogens is 256 g/mol. The van der Waals surface area contributed by atoms with Crippen LogP contribution in [0.4, 0.5) is 5.69 Å². The first-order valence-electron chi connectivity index (χ1n) is 6.46. The molecule has 0 unspecified atom stereocenters. The van der Waals surface area contributed by atoms with Crippen molar-refractivity contribution in [3.63, 3.8) is 0 Å². The third kappa shape index (κ3) is 2.28. The zero-order chi connectivity index (χ0) is 13.4. The van der Waals surface area contributed by atoms with E-state index in [1.807, 2.05) is 35.4 Å². The molecule has 2 heterocycles. The molecule has 1 aliphatic rings. The lowest BCUT2D eigenvalue weighted by Crippen LogP contribution is -2.36. The summed E-state index contributed by atoms with van der Waals surface area (Å²) < 4.78 is 0. The quantitative estimate of drug-likeness (QED) is 0.842. The van der Waals surface area contributed by atoms with Crippen molar-refractivity contribution in [3.8, 4) is 0 Å². The Morgan fingerprint density at radius 1 is 1.47 bits per heavy atom. The van der Waals surface area contributed by atoms with Crippen molar-refractivity contribution in [2.75, 3.05) is 4.90 Å². The number of carbonyl (C=O) groups is 1. The van der Waals surface area contributed by atoms with Gasteiger partial charge < -0.3 is 4.90 Å². The van der Waals surface area contributed by atoms with Gasteiger partial charge in [0.15, 0.2) is 0 Å². The second kappa shape index (κ2) is 4.78. The number of benzene rings is 1. The summed E-state index contributed by atoms with van der Waals surface area (Å²) in [5.41, 5.74) is 3.20. The van der Waals surface area contributed by atoms with Gasteiger partial charge in [0.1, 0.15) is 0 Å². The smallest absolute Gasteiger partial charge is 0.233 e. The van der Waals surface area contributed by atoms with Gasteiger partial charge in [0.05, 0.1) is 17.1 Å². The van der Waals surface area contributed by atoms with Gasteiger partial charge >= 0.3 is 0 Å². The maximum absolute atomic E-state index is 12.5. The van der Waals surface area contributed by atoms with Crippen LogP contribution in [0.1, 0.15) is 23.2 Å². The van der Waals surface area contributed by atoms with Crippen molar-refractivity contribution in [2.24, 2.45) is 0 Å². The van der Waals surface area contributed by atoms with E-state index in [1.54, 1.807) is 11.3 Å². The van der Waals surface area contributed by atoms with Crippen LogP contribution in [0.25, 0.3) is 0 Å². The van der Waals surface area contributed by atoms with Crippen LogP contribution in [0.2, 0.25) is 0 Å². The van der Waals surface area contributed by atoms with E-state index < -0.39 is 0 Å². The fourth-order valence-electron chi connectivity index (χ4n) is 2.68. The van der Waals surface area contributed by atoms with E-state index in [-0.39, 0.29) is 11.9 Å². The number of aromatic nitrogens is 1. The molecule has 1 aromatic heterocycles. The Morgan fingerprint density at radius 3 is 3.00 bits per heavy atom. The molecule has 1 amide bonds. The van der Waals surface area contributed by atoms with E-state index in [0.29, 0.717) is 6.42 Å². The summed E-state index contributed by atoms with van der Waals surface area (Å²) in [6.07, 6.45) is 1.33. The van der Waals surface area contributed by atoms with Gasteiger partial charge in [-0.25, -0.2) is 4.98 Å². The molecule has 4 heteroatoms. The van der Waals surface area contributed by atoms with Crippen molar-refractivity contribution in [1.29, 1.82) is 0 Å². The Labute approximate surface area is 116 Å². The van der Waals surface area contributed by atoms with E-state index in [0.717, 1.165) is 22.8 Å². The maximum atomic E-state index is 12.5. The molecule has 0 bridgehead atoms. The standard InChI is InChI=1S/C15H16N2OS/c1-10-7-12-5-3-4-6-14(12)17(10)15(18)8-13-9-19-11(2)16-13/h3-6,9-10H,7-8H2,1-2H3/t10-/m1/s1. The average molecular weight is 272 g/mol. The van der Waals surface area contributed by atoms with Crippen LogP contribution in [0.5, 0.6) is 0 Å². The highest BCUT2D eigenvalue weighted by atomic mass is 32.1. The summed E-state index contributed by atoms with van der Waals surface area (Å²) in [6, 6.07) is 8.40. The number of para-hydroxylation sites is 1. The summed E-state index contributed by atoms with van der Waals surface area (Å²) in [5, 5.41) is 2.98. The van der Waals surface area contributed by atoms with Crippen molar-refractivity contribution in [3.05, 3.63) is 45.9 Å². The lowest BCUT2D eigenvalue weighted by molar-refractivity contribution is -0.118. The minimum absolute atomic E-state index is 0.141. The fraction of sp³-hybridized carbons (Fsp3) is 0.333. The second-order valence-electron chi connectivity index (χ2n) is 4.98. The fourth-order valence-corrected chi connectivity index (χ4v) is 3.29. The van der Waals surface area contributed by atoms with E-state index in [1.165, 1.54) is 5.56 Å². The monoisotopic (exact) mass is 272 g/mol. The van der Waals surface area contributed by atoms with Gasteiger partial charge in [-0.1, -0.05) is 18.2 Å². The van der Waals surface area contributed by atoms with Crippen LogP contribution in [0.3, 0.4) is 0 Å². The Morgan fingerprint density at radius 2 is 2.26 bits per heavy atom. The van der Waals surface area contributed by atoms with Gasteiger partial charge in [-0.3, -0.25) is 4.79 Å². The molecule has 2 aromatic rings. The zero-order valence-electron chi connectivity index (χ0n) is 11.1. The van der Waals surface area contributed by atoms with Gasteiger partial charge in [-0.15, -0.1) is 11.3 Å². The molecule has 3 nitrogen and oxygen atoms in total. The van der Waals surface area contributed by atoms with Crippen LogP contribution >= 0.6 is 11.3 Å². The molecule has 19 heavy (non-hydrogen) atoms. The number of carbonyl (C=O) groups excluding carboxylic acids is 1. The molecule has 98 valence electrons. The first-order chi connectivity index (χ1) is 9.15. The average Bonchev–Trinajstić information content (AvgIpc) is 2.91. The van der Waals surface area contributed by atoms with E-state index >= 15 is 0 Å². The molecule has 1 atom stereocenters. The topological polar surface area (TPSA) is 33.2 Å². The van der Waals surface area contributed by atoms with Crippen LogP contribution in [-0.2, 0) is 17.6 Å². The number of fused-ring (bicyclic) bond motifs is 1. The normalized spacial score (nSPS) is 17.6. The Bertz CT molecular complexity index is 620. The van der Waals surface area contributed by atoms with Gasteiger partial charge in [0, 0.05) is 17.1 Å². The van der Waals surface area contributed by atoms with Crippen LogP contribution in [0, 0.1) is 6.92 Å². The molecule has 0 aliphatic carbocycles. The largest absolute Gasteiger partial charge is 0.309 e. The Hall–Kier alpha value is -1.68. The minimum Gasteiger partial charge on any atom is -0.309 e. The highest BCUT2D eigenvalue weighted by molar-refractivity contribution is 7.09. The third-order valence-electron chi connectivity index (χ3n) is 3.47. The molecule has 3 rings (SSSR count). The third-order valence-corrected chi connectivity index (χ3v) is 4.30. The molecule has 0 saturated heterocycles. The van der Waals surface area contributed by atoms with E-state index in [2.05, 4.69) is 18.0 Å². The van der Waals surface area contributed by atoms with Gasteiger partial charge in [0.25, 0.3) is 0 Å². The summed E-state index contributed by atoms with van der Waals surface area (Å²) in [6.45, 7) is 4.07. The Kier molecular flexibility index (Phi) is 3.11. The molecule has 0 spiro atoms. The van der Waals surface area contributed by atoms with E-state index in [9.17, 15) is 4.79 Å². The van der Waals surface area contributed by atoms with Crippen molar-refractivity contribution in [2.45, 2.75) is 32.7 Å². The maximum Gasteiger partial charge on any atom is 0.233 e. The summed E-state index contributed by atoms with van der Waals surface area (Å²) >= 11 is 1.59. The highest BCUT2D eigenvalue weighted by Crippen LogP contribution is 2.32. The van der Waals surface area contributed by atoms with Crippen LogP contribution < -0.4 is 4.90 Å². The number of nitrogens with zero attached hydrogens (tertiary/aromatic N) is 2. The first-order valence-corrected chi connectivity index (χ1v) is 7.34. The Balaban J connectivity index is 1.84. The number of hydrogen-bond donors (Lipinski definition) is 0. The van der Waals surface area contributed by atoms with Gasteiger partial charge in [-0.05, 0) is 31.9 Å². The molecular formula is C15H16N2OS. The predicted octanol–water partition coefficient (Wildman–Crippen LogP) is 2.97. The number of thiazole rings is 1. The molecule has 0 fully saturated rings. The lowest BCUT2D eigenvalue weighted by Gasteiger charge is -2.22. The van der Waals surface area contributed by atoms with Crippen LogP contribution in [-0.4, -0.2) is 16.9 Å². The second-order valence-corrected chi connectivity index (χ2v) is 6.04. The minimum atomic E-state index is 0.141. The van der Waals surface area contributed by atoms with Crippen LogP contribution in [0.15, 0.2) is 29.6 Å². The summed E-state index contributed by atoms with van der Waals surface area (Å²) in [7, 11) is 0. The first kappa shape index (κ1) is 12.4. The predicted molar refractivity (Wildman–Crippen MR) is 77.6 cm³/mol. The molecule has 1 aromatic carbocycles. The zero-order valence-corrected chi connectivity index (χ0v) is 11.9.